The molecule has 0 saturated heterocycles. The van der Waals surface area contributed by atoms with Crippen LogP contribution in [0.1, 0.15) is 32.6 Å². The fraction of sp³-hybridized carbons (Fsp3) is 0.857. The van der Waals surface area contributed by atoms with E-state index in [0.717, 1.165) is 19.3 Å². The van der Waals surface area contributed by atoms with Crippen molar-refractivity contribution in [2.24, 2.45) is 10.9 Å². The van der Waals surface area contributed by atoms with Crippen LogP contribution in [0.25, 0.3) is 0 Å². The third-order valence-corrected chi connectivity index (χ3v) is 1.52. The van der Waals surface area contributed by atoms with Gasteiger partial charge in [-0.3, -0.25) is 0 Å². The summed E-state index contributed by atoms with van der Waals surface area (Å²) in [4.78, 5) is 20.4. The molecule has 0 aliphatic rings. The topological polar surface area (TPSA) is 84.6 Å². The summed E-state index contributed by atoms with van der Waals surface area (Å²) in [5.41, 5.74) is 4.82. The number of urea groups is 1. The van der Waals surface area contributed by atoms with Crippen molar-refractivity contribution in [1.29, 1.82) is 0 Å². The van der Waals surface area contributed by atoms with Gasteiger partial charge >= 0.3 is 6.03 Å². The lowest BCUT2D eigenvalue weighted by atomic mass is 10.2. The van der Waals surface area contributed by atoms with Crippen LogP contribution in [0.3, 0.4) is 0 Å². The summed E-state index contributed by atoms with van der Waals surface area (Å²) in [5, 5.41) is 4.99. The van der Waals surface area contributed by atoms with Crippen LogP contribution in [-0.2, 0) is 0 Å². The van der Waals surface area contributed by atoms with Crippen LogP contribution >= 0.6 is 0 Å². The normalized spacial score (nSPS) is 12.1. The Morgan fingerprint density at radius 3 is 2.67 bits per heavy atom. The zero-order chi connectivity index (χ0) is 9.40. The molecule has 0 aromatic rings. The number of nitrogens with one attached hydrogen (secondary N) is 1. The Bertz CT molecular complexity index is 150. The summed E-state index contributed by atoms with van der Waals surface area (Å²) in [6.07, 6.45) is 2.90. The van der Waals surface area contributed by atoms with Crippen molar-refractivity contribution in [1.82, 2.24) is 5.32 Å². The third kappa shape index (κ3) is 5.64. The first-order valence-electron chi connectivity index (χ1n) is 4.09. The summed E-state index contributed by atoms with van der Waals surface area (Å²) in [5.74, 6) is 0. The first-order chi connectivity index (χ1) is 5.70. The molecule has 5 nitrogen and oxygen atoms in total. The van der Waals surface area contributed by atoms with E-state index in [1.807, 2.05) is 0 Å². The lowest BCUT2D eigenvalue weighted by molar-refractivity contribution is 0.244. The molecular weight excluding hydrogens is 158 g/mol. The van der Waals surface area contributed by atoms with E-state index in [0.29, 0.717) is 6.42 Å². The molecule has 0 saturated carbocycles. The largest absolute Gasteiger partial charge is 0.352 e. The number of hydrogen-bond donors (Lipinski definition) is 2. The average molecular weight is 173 g/mol. The number of carbonyl (C=O) groups is 1. The number of nitroso groups, excluding NO2 is 1. The minimum atomic E-state index is -0.698. The van der Waals surface area contributed by atoms with Crippen LogP contribution < -0.4 is 11.1 Å². The zero-order valence-corrected chi connectivity index (χ0v) is 7.25. The van der Waals surface area contributed by atoms with Crippen molar-refractivity contribution in [3.8, 4) is 0 Å². The molecular formula is C7H15N3O2. The van der Waals surface area contributed by atoms with Gasteiger partial charge in [-0.25, -0.2) is 4.79 Å². The van der Waals surface area contributed by atoms with Gasteiger partial charge in [0.15, 0.2) is 6.17 Å². The van der Waals surface area contributed by atoms with Gasteiger partial charge in [0.25, 0.3) is 0 Å². The lowest BCUT2D eigenvalue weighted by Gasteiger charge is -2.07. The van der Waals surface area contributed by atoms with Crippen LogP contribution in [0.15, 0.2) is 5.18 Å². The van der Waals surface area contributed by atoms with E-state index >= 15 is 0 Å². The molecule has 0 aliphatic carbocycles. The zero-order valence-electron chi connectivity index (χ0n) is 7.25. The number of unbranched alkanes of at least 4 members (excludes halogenated alkanes) is 2. The van der Waals surface area contributed by atoms with Crippen molar-refractivity contribution in [3.05, 3.63) is 4.91 Å². The molecule has 0 aliphatic heterocycles. The maximum atomic E-state index is 10.3. The second kappa shape index (κ2) is 6.57. The molecule has 0 aromatic heterocycles. The number of primary amides is 1. The van der Waals surface area contributed by atoms with Gasteiger partial charge in [0, 0.05) is 0 Å². The van der Waals surface area contributed by atoms with Crippen molar-refractivity contribution in [2.75, 3.05) is 0 Å². The predicted molar refractivity (Wildman–Crippen MR) is 46.4 cm³/mol. The quantitative estimate of drug-likeness (QED) is 0.469. The molecule has 0 radical (unpaired) electrons. The highest BCUT2D eigenvalue weighted by Gasteiger charge is 2.08. The summed E-state index contributed by atoms with van der Waals surface area (Å²) in [6.45, 7) is 2.06. The van der Waals surface area contributed by atoms with E-state index in [-0.39, 0.29) is 0 Å². The summed E-state index contributed by atoms with van der Waals surface area (Å²) >= 11 is 0. The van der Waals surface area contributed by atoms with Crippen molar-refractivity contribution >= 4 is 6.03 Å². The standard InChI is InChI=1S/C7H15N3O2/c1-2-3-4-5-6(10-12)9-7(8)11/h6H,2-5H2,1H3,(H3,8,9,11). The maximum absolute atomic E-state index is 10.3. The predicted octanol–water partition coefficient (Wildman–Crippen LogP) is 1.33. The Kier molecular flexibility index (Phi) is 5.95. The highest BCUT2D eigenvalue weighted by Crippen LogP contribution is 2.03. The number of nitrogens with zero attached hydrogens (tertiary/aromatic N) is 1. The summed E-state index contributed by atoms with van der Waals surface area (Å²) in [7, 11) is 0. The van der Waals surface area contributed by atoms with E-state index in [9.17, 15) is 9.70 Å². The summed E-state index contributed by atoms with van der Waals surface area (Å²) < 4.78 is 0. The highest BCUT2D eigenvalue weighted by molar-refractivity contribution is 5.71. The molecule has 3 N–H and O–H groups in total. The van der Waals surface area contributed by atoms with Crippen molar-refractivity contribution < 1.29 is 4.79 Å². The van der Waals surface area contributed by atoms with E-state index in [1.165, 1.54) is 0 Å². The second-order valence-corrected chi connectivity index (χ2v) is 2.63. The molecule has 0 heterocycles. The molecule has 0 spiro atoms. The van der Waals surface area contributed by atoms with Gasteiger partial charge in [0.05, 0.1) is 0 Å². The molecule has 70 valence electrons. The molecule has 12 heavy (non-hydrogen) atoms. The van der Waals surface area contributed by atoms with Crippen LogP contribution in [-0.4, -0.2) is 12.2 Å². The fourth-order valence-corrected chi connectivity index (χ4v) is 0.903. The average Bonchev–Trinajstić information content (AvgIpc) is 2.02. The third-order valence-electron chi connectivity index (χ3n) is 1.52. The van der Waals surface area contributed by atoms with E-state index in [4.69, 9.17) is 5.73 Å². The summed E-state index contributed by atoms with van der Waals surface area (Å²) in [6, 6.07) is -0.698. The molecule has 0 fully saturated rings. The van der Waals surface area contributed by atoms with E-state index in [2.05, 4.69) is 17.4 Å². The Hall–Kier alpha value is -1.13. The number of amides is 2. The smallest absolute Gasteiger partial charge is 0.313 e. The Labute approximate surface area is 71.7 Å². The maximum Gasteiger partial charge on any atom is 0.313 e. The van der Waals surface area contributed by atoms with Gasteiger partial charge in [-0.15, -0.1) is 4.91 Å². The van der Waals surface area contributed by atoms with Crippen molar-refractivity contribution in [2.45, 2.75) is 38.8 Å². The fourth-order valence-electron chi connectivity index (χ4n) is 0.903. The highest BCUT2D eigenvalue weighted by atomic mass is 16.3. The van der Waals surface area contributed by atoms with Gasteiger partial charge in [0.1, 0.15) is 0 Å². The van der Waals surface area contributed by atoms with Crippen LogP contribution in [0, 0.1) is 4.91 Å². The van der Waals surface area contributed by atoms with Gasteiger partial charge in [0.2, 0.25) is 0 Å². The SMILES string of the molecule is CCCCCC(N=O)NC(N)=O. The van der Waals surface area contributed by atoms with Crippen LogP contribution in [0.4, 0.5) is 4.79 Å². The first-order valence-corrected chi connectivity index (χ1v) is 4.09. The molecule has 2 amide bonds. The Morgan fingerprint density at radius 2 is 2.25 bits per heavy atom. The van der Waals surface area contributed by atoms with Gasteiger partial charge in [-0.05, 0) is 18.0 Å². The molecule has 5 heteroatoms. The van der Waals surface area contributed by atoms with Crippen molar-refractivity contribution in [3.63, 3.8) is 0 Å². The van der Waals surface area contributed by atoms with Crippen LogP contribution in [0.2, 0.25) is 0 Å². The first kappa shape index (κ1) is 10.9. The number of hydrogen-bond acceptors (Lipinski definition) is 3. The molecule has 1 atom stereocenters. The second-order valence-electron chi connectivity index (χ2n) is 2.63. The van der Waals surface area contributed by atoms with Gasteiger partial charge in [-0.2, -0.15) is 0 Å². The van der Waals surface area contributed by atoms with Gasteiger partial charge in [-0.1, -0.05) is 19.8 Å². The molecule has 0 rings (SSSR count). The number of nitrogens with two attached hydrogens (primary N) is 1. The minimum absolute atomic E-state index is 0.570. The Balaban J connectivity index is 3.53. The lowest BCUT2D eigenvalue weighted by Crippen LogP contribution is -2.37. The molecule has 1 unspecified atom stereocenters. The molecule has 0 bridgehead atoms. The Morgan fingerprint density at radius 1 is 1.58 bits per heavy atom. The molecule has 0 aromatic carbocycles. The minimum Gasteiger partial charge on any atom is -0.352 e. The van der Waals surface area contributed by atoms with Gasteiger partial charge < -0.3 is 11.1 Å². The van der Waals surface area contributed by atoms with E-state index < -0.39 is 12.2 Å². The number of rotatable bonds is 6. The number of carbonyl (C=O) groups excluding carboxylic acids is 1. The monoisotopic (exact) mass is 173 g/mol. The van der Waals surface area contributed by atoms with Crippen LogP contribution in [0.5, 0.6) is 0 Å². The van der Waals surface area contributed by atoms with E-state index in [1.54, 1.807) is 0 Å².